The molecule has 3 rings (SSSR count). The highest BCUT2D eigenvalue weighted by molar-refractivity contribution is 8.26. The standard InChI is InChI=1S/C15H10N2O4S2/c18-14-12(8-11-6-7-13(21-11)17(19)20)23-15(22)16(14)9-10-4-2-1-3-5-10/h1-8H,9H2. The summed E-state index contributed by atoms with van der Waals surface area (Å²) in [4.78, 5) is 24.3. The molecule has 1 aliphatic rings. The first-order chi connectivity index (χ1) is 11.0. The van der Waals surface area contributed by atoms with Gasteiger partial charge in [0.2, 0.25) is 0 Å². The Morgan fingerprint density at radius 3 is 2.65 bits per heavy atom. The zero-order valence-corrected chi connectivity index (χ0v) is 13.3. The smallest absolute Gasteiger partial charge is 0.401 e. The molecule has 0 saturated carbocycles. The Morgan fingerprint density at radius 2 is 2.00 bits per heavy atom. The zero-order chi connectivity index (χ0) is 16.4. The molecule has 0 bridgehead atoms. The molecule has 6 nitrogen and oxygen atoms in total. The molecular formula is C15H10N2O4S2. The van der Waals surface area contributed by atoms with Crippen LogP contribution in [0.15, 0.2) is 51.8 Å². The van der Waals surface area contributed by atoms with Crippen molar-refractivity contribution in [3.8, 4) is 0 Å². The predicted molar refractivity (Wildman–Crippen MR) is 90.5 cm³/mol. The van der Waals surface area contributed by atoms with Crippen molar-refractivity contribution in [2.75, 3.05) is 0 Å². The molecular weight excluding hydrogens is 336 g/mol. The van der Waals surface area contributed by atoms with Crippen LogP contribution in [0.5, 0.6) is 0 Å². The lowest BCUT2D eigenvalue weighted by molar-refractivity contribution is -0.402. The van der Waals surface area contributed by atoms with Gasteiger partial charge < -0.3 is 4.42 Å². The van der Waals surface area contributed by atoms with Gasteiger partial charge in [0.15, 0.2) is 0 Å². The van der Waals surface area contributed by atoms with Gasteiger partial charge >= 0.3 is 5.88 Å². The second kappa shape index (κ2) is 6.35. The highest BCUT2D eigenvalue weighted by Crippen LogP contribution is 2.34. The molecule has 0 radical (unpaired) electrons. The van der Waals surface area contributed by atoms with E-state index in [1.165, 1.54) is 23.1 Å². The van der Waals surface area contributed by atoms with E-state index in [9.17, 15) is 14.9 Å². The van der Waals surface area contributed by atoms with Crippen LogP contribution < -0.4 is 0 Å². The Balaban J connectivity index is 1.80. The van der Waals surface area contributed by atoms with Gasteiger partial charge in [-0.25, -0.2) is 0 Å². The molecule has 0 atom stereocenters. The number of benzene rings is 1. The molecule has 0 aliphatic carbocycles. The summed E-state index contributed by atoms with van der Waals surface area (Å²) < 4.78 is 5.49. The maximum Gasteiger partial charge on any atom is 0.433 e. The van der Waals surface area contributed by atoms with Crippen molar-refractivity contribution in [1.29, 1.82) is 0 Å². The third-order valence-electron chi connectivity index (χ3n) is 3.12. The average Bonchev–Trinajstić information content (AvgIpc) is 3.10. The Hall–Kier alpha value is -2.45. The van der Waals surface area contributed by atoms with E-state index in [1.54, 1.807) is 0 Å². The van der Waals surface area contributed by atoms with Crippen LogP contribution in [0.1, 0.15) is 11.3 Å². The lowest BCUT2D eigenvalue weighted by atomic mass is 10.2. The number of thiocarbonyl (C=S) groups is 1. The Labute approximate surface area is 140 Å². The monoisotopic (exact) mass is 346 g/mol. The lowest BCUT2D eigenvalue weighted by Gasteiger charge is -2.14. The van der Waals surface area contributed by atoms with Gasteiger partial charge in [0.1, 0.15) is 15.0 Å². The molecule has 116 valence electrons. The molecule has 1 aliphatic heterocycles. The lowest BCUT2D eigenvalue weighted by Crippen LogP contribution is -2.27. The number of thioether (sulfide) groups is 1. The maximum absolute atomic E-state index is 12.4. The molecule has 2 aromatic rings. The van der Waals surface area contributed by atoms with Crippen molar-refractivity contribution in [3.63, 3.8) is 0 Å². The molecule has 1 fully saturated rings. The number of rotatable bonds is 4. The summed E-state index contributed by atoms with van der Waals surface area (Å²) >= 11 is 6.40. The summed E-state index contributed by atoms with van der Waals surface area (Å²) in [6.07, 6.45) is 1.47. The second-order valence-electron chi connectivity index (χ2n) is 4.69. The van der Waals surface area contributed by atoms with Crippen molar-refractivity contribution in [3.05, 3.63) is 68.8 Å². The number of amides is 1. The van der Waals surface area contributed by atoms with Crippen molar-refractivity contribution in [1.82, 2.24) is 4.90 Å². The van der Waals surface area contributed by atoms with Crippen LogP contribution in [0.2, 0.25) is 0 Å². The Kier molecular flexibility index (Phi) is 4.26. The molecule has 1 aromatic heterocycles. The highest BCUT2D eigenvalue weighted by atomic mass is 32.2. The average molecular weight is 346 g/mol. The summed E-state index contributed by atoms with van der Waals surface area (Å²) in [6.45, 7) is 0.390. The van der Waals surface area contributed by atoms with Crippen molar-refractivity contribution in [2.24, 2.45) is 0 Å². The Morgan fingerprint density at radius 1 is 1.26 bits per heavy atom. The van der Waals surface area contributed by atoms with E-state index in [0.29, 0.717) is 15.8 Å². The molecule has 0 unspecified atom stereocenters. The molecule has 1 aromatic carbocycles. The summed E-state index contributed by atoms with van der Waals surface area (Å²) in [5.74, 6) is -0.351. The minimum atomic E-state index is -0.627. The van der Waals surface area contributed by atoms with E-state index < -0.39 is 4.92 Å². The third kappa shape index (κ3) is 3.33. The predicted octanol–water partition coefficient (Wildman–Crippen LogP) is 3.59. The van der Waals surface area contributed by atoms with Crippen LogP contribution in [0.25, 0.3) is 6.08 Å². The molecule has 8 heteroatoms. The SMILES string of the molecule is O=C1C(=Cc2ccc([N+](=O)[O-])o2)SC(=S)N1Cc1ccccc1. The first-order valence-electron chi connectivity index (χ1n) is 6.58. The molecule has 2 heterocycles. The van der Waals surface area contributed by atoms with Gasteiger partial charge in [0, 0.05) is 6.08 Å². The fourth-order valence-corrected chi connectivity index (χ4v) is 3.28. The number of nitro groups is 1. The maximum atomic E-state index is 12.4. The van der Waals surface area contributed by atoms with E-state index in [4.69, 9.17) is 16.6 Å². The van der Waals surface area contributed by atoms with Crippen LogP contribution in [-0.4, -0.2) is 20.1 Å². The molecule has 1 saturated heterocycles. The number of hydrogen-bond donors (Lipinski definition) is 0. The van der Waals surface area contributed by atoms with Gasteiger partial charge in [0.05, 0.1) is 17.5 Å². The number of furan rings is 1. The van der Waals surface area contributed by atoms with E-state index in [0.717, 1.165) is 17.3 Å². The fourth-order valence-electron chi connectivity index (χ4n) is 2.05. The van der Waals surface area contributed by atoms with E-state index in [-0.39, 0.29) is 17.6 Å². The van der Waals surface area contributed by atoms with Gasteiger partial charge in [0.25, 0.3) is 5.91 Å². The first-order valence-corrected chi connectivity index (χ1v) is 7.80. The van der Waals surface area contributed by atoms with E-state index in [2.05, 4.69) is 0 Å². The second-order valence-corrected chi connectivity index (χ2v) is 6.36. The quantitative estimate of drug-likeness (QED) is 0.364. The van der Waals surface area contributed by atoms with Crippen LogP contribution in [0.3, 0.4) is 0 Å². The van der Waals surface area contributed by atoms with Crippen molar-refractivity contribution < 1.29 is 14.1 Å². The number of carbonyl (C=O) groups excluding carboxylic acids is 1. The summed E-state index contributed by atoms with van der Waals surface area (Å²) in [6, 6.07) is 12.2. The third-order valence-corrected chi connectivity index (χ3v) is 4.50. The van der Waals surface area contributed by atoms with Crippen molar-refractivity contribution in [2.45, 2.75) is 6.54 Å². The van der Waals surface area contributed by atoms with Gasteiger partial charge in [-0.2, -0.15) is 0 Å². The van der Waals surface area contributed by atoms with E-state index in [1.807, 2.05) is 30.3 Å². The number of carbonyl (C=O) groups is 1. The van der Waals surface area contributed by atoms with Gasteiger partial charge in [-0.05, 0) is 11.6 Å². The van der Waals surface area contributed by atoms with Gasteiger partial charge in [-0.1, -0.05) is 54.3 Å². The zero-order valence-electron chi connectivity index (χ0n) is 11.7. The Bertz CT molecular complexity index is 814. The van der Waals surface area contributed by atoms with E-state index >= 15 is 0 Å². The van der Waals surface area contributed by atoms with Crippen LogP contribution in [0.4, 0.5) is 5.88 Å². The largest absolute Gasteiger partial charge is 0.433 e. The highest BCUT2D eigenvalue weighted by Gasteiger charge is 2.32. The number of nitrogens with zero attached hydrogens (tertiary/aromatic N) is 2. The van der Waals surface area contributed by atoms with Crippen LogP contribution >= 0.6 is 24.0 Å². The van der Waals surface area contributed by atoms with Crippen LogP contribution in [-0.2, 0) is 11.3 Å². The first kappa shape index (κ1) is 15.4. The normalized spacial score (nSPS) is 16.3. The summed E-state index contributed by atoms with van der Waals surface area (Å²) in [7, 11) is 0. The van der Waals surface area contributed by atoms with Gasteiger partial charge in [-0.15, -0.1) is 0 Å². The summed E-state index contributed by atoms with van der Waals surface area (Å²) in [5, 5.41) is 10.6. The molecule has 23 heavy (non-hydrogen) atoms. The minimum absolute atomic E-state index is 0.233. The molecule has 0 spiro atoms. The van der Waals surface area contributed by atoms with Crippen LogP contribution in [0, 0.1) is 10.1 Å². The minimum Gasteiger partial charge on any atom is -0.401 e. The molecule has 0 N–H and O–H groups in total. The summed E-state index contributed by atoms with van der Waals surface area (Å²) in [5.41, 5.74) is 0.971. The van der Waals surface area contributed by atoms with Crippen molar-refractivity contribution >= 4 is 46.2 Å². The fraction of sp³-hybridized carbons (Fsp3) is 0.0667. The topological polar surface area (TPSA) is 76.6 Å². The molecule has 1 amide bonds. The number of hydrogen-bond acceptors (Lipinski definition) is 6. The van der Waals surface area contributed by atoms with Gasteiger partial charge in [-0.3, -0.25) is 19.8 Å².